The van der Waals surface area contributed by atoms with Gasteiger partial charge in [0.05, 0.1) is 5.69 Å². The summed E-state index contributed by atoms with van der Waals surface area (Å²) in [4.78, 5) is 23.0. The van der Waals surface area contributed by atoms with E-state index in [-0.39, 0.29) is 11.6 Å². The van der Waals surface area contributed by atoms with Gasteiger partial charge < -0.3 is 5.32 Å². The summed E-state index contributed by atoms with van der Waals surface area (Å²) in [5.74, 6) is -0.721. The van der Waals surface area contributed by atoms with E-state index in [1.54, 1.807) is 6.92 Å². The number of aromatic nitrogens is 4. The first kappa shape index (κ1) is 17.6. The summed E-state index contributed by atoms with van der Waals surface area (Å²) >= 11 is 0. The molecule has 0 aliphatic carbocycles. The van der Waals surface area contributed by atoms with E-state index >= 15 is 0 Å². The molecule has 1 saturated heterocycles. The van der Waals surface area contributed by atoms with Gasteiger partial charge in [0.15, 0.2) is 11.6 Å². The van der Waals surface area contributed by atoms with E-state index in [1.165, 1.54) is 22.7 Å². The molecule has 3 aromatic rings. The molecular formula is C18H20F2N6O. The molecule has 2 aromatic heterocycles. The van der Waals surface area contributed by atoms with Crippen LogP contribution in [-0.4, -0.2) is 43.6 Å². The summed E-state index contributed by atoms with van der Waals surface area (Å²) in [5, 5.41) is 6.11. The summed E-state index contributed by atoms with van der Waals surface area (Å²) in [6.45, 7) is 3.91. The molecule has 0 spiro atoms. The third-order valence-electron chi connectivity index (χ3n) is 4.68. The van der Waals surface area contributed by atoms with Crippen molar-refractivity contribution in [1.82, 2.24) is 24.5 Å². The summed E-state index contributed by atoms with van der Waals surface area (Å²) < 4.78 is 27.8. The number of fused-ring (bicyclic) bond motifs is 1. The van der Waals surface area contributed by atoms with Crippen LogP contribution in [0.15, 0.2) is 29.1 Å². The minimum Gasteiger partial charge on any atom is -0.381 e. The van der Waals surface area contributed by atoms with E-state index in [1.807, 2.05) is 0 Å². The number of anilines is 1. The van der Waals surface area contributed by atoms with E-state index in [4.69, 9.17) is 0 Å². The molecule has 1 unspecified atom stereocenters. The third kappa shape index (κ3) is 3.82. The Kier molecular flexibility index (Phi) is 4.61. The van der Waals surface area contributed by atoms with Gasteiger partial charge in [-0.15, -0.1) is 0 Å². The number of piperidine rings is 1. The fourth-order valence-corrected chi connectivity index (χ4v) is 3.48. The van der Waals surface area contributed by atoms with Gasteiger partial charge in [-0.25, -0.2) is 13.8 Å². The van der Waals surface area contributed by atoms with E-state index in [2.05, 4.69) is 25.3 Å². The summed E-state index contributed by atoms with van der Waals surface area (Å²) in [7, 11) is 0. The zero-order chi connectivity index (χ0) is 19.0. The summed E-state index contributed by atoms with van der Waals surface area (Å²) in [6, 6.07) is 5.45. The number of aromatic amines is 1. The zero-order valence-electron chi connectivity index (χ0n) is 14.9. The Labute approximate surface area is 154 Å². The molecule has 1 atom stereocenters. The SMILES string of the molecule is Cc1nc2nc(CN3CCCC(Nc4ccc(F)c(F)c4)C3)cc(=O)n2[nH]1. The molecule has 4 rings (SSSR count). The number of benzene rings is 1. The lowest BCUT2D eigenvalue weighted by molar-refractivity contribution is 0.206. The molecule has 0 bridgehead atoms. The maximum Gasteiger partial charge on any atom is 0.274 e. The molecule has 2 N–H and O–H groups in total. The van der Waals surface area contributed by atoms with Crippen molar-refractivity contribution in [1.29, 1.82) is 0 Å². The molecule has 0 amide bonds. The van der Waals surface area contributed by atoms with Crippen LogP contribution >= 0.6 is 0 Å². The molecule has 142 valence electrons. The van der Waals surface area contributed by atoms with Gasteiger partial charge in [-0.05, 0) is 38.4 Å². The van der Waals surface area contributed by atoms with Crippen LogP contribution in [0, 0.1) is 18.6 Å². The lowest BCUT2D eigenvalue weighted by Gasteiger charge is -2.33. The molecule has 3 heterocycles. The van der Waals surface area contributed by atoms with Gasteiger partial charge in [0.1, 0.15) is 5.82 Å². The quantitative estimate of drug-likeness (QED) is 0.731. The van der Waals surface area contributed by atoms with Gasteiger partial charge in [-0.3, -0.25) is 14.8 Å². The Balaban J connectivity index is 1.45. The maximum absolute atomic E-state index is 13.4. The average molecular weight is 374 g/mol. The summed E-state index contributed by atoms with van der Waals surface area (Å²) in [5.41, 5.74) is 1.04. The standard InChI is InChI=1S/C18H20F2N6O/c1-11-21-18-23-14(8-17(27)26(18)24-11)10-25-6-2-3-13(9-25)22-12-4-5-15(19)16(20)7-12/h4-5,7-8,13,22H,2-3,6,9-10H2,1H3,(H,21,23,24). The highest BCUT2D eigenvalue weighted by atomic mass is 19.2. The number of hydrogen-bond donors (Lipinski definition) is 2. The first-order valence-electron chi connectivity index (χ1n) is 8.87. The molecule has 9 heteroatoms. The normalized spacial score (nSPS) is 18.1. The minimum atomic E-state index is -0.861. The highest BCUT2D eigenvalue weighted by molar-refractivity contribution is 5.44. The van der Waals surface area contributed by atoms with E-state index in [0.29, 0.717) is 29.5 Å². The van der Waals surface area contributed by atoms with Crippen molar-refractivity contribution in [2.45, 2.75) is 32.4 Å². The van der Waals surface area contributed by atoms with Crippen molar-refractivity contribution < 1.29 is 8.78 Å². The first-order valence-corrected chi connectivity index (χ1v) is 8.87. The number of hydrogen-bond acceptors (Lipinski definition) is 5. The number of likely N-dealkylation sites (tertiary alicyclic amines) is 1. The molecule has 1 aliphatic heterocycles. The molecule has 27 heavy (non-hydrogen) atoms. The number of halogens is 2. The van der Waals surface area contributed by atoms with E-state index in [0.717, 1.165) is 32.0 Å². The van der Waals surface area contributed by atoms with Gasteiger partial charge in [-0.1, -0.05) is 0 Å². The van der Waals surface area contributed by atoms with Gasteiger partial charge >= 0.3 is 0 Å². The van der Waals surface area contributed by atoms with Crippen LogP contribution in [0.5, 0.6) is 0 Å². The van der Waals surface area contributed by atoms with Crippen molar-refractivity contribution in [2.24, 2.45) is 0 Å². The molecule has 0 radical (unpaired) electrons. The third-order valence-corrected chi connectivity index (χ3v) is 4.68. The zero-order valence-corrected chi connectivity index (χ0v) is 14.9. The Morgan fingerprint density at radius 3 is 2.93 bits per heavy atom. The lowest BCUT2D eigenvalue weighted by Crippen LogP contribution is -2.42. The topological polar surface area (TPSA) is 78.3 Å². The highest BCUT2D eigenvalue weighted by Gasteiger charge is 2.21. The van der Waals surface area contributed by atoms with Gasteiger partial charge in [0.2, 0.25) is 0 Å². The van der Waals surface area contributed by atoms with Crippen LogP contribution in [0.1, 0.15) is 24.4 Å². The molecule has 1 fully saturated rings. The largest absolute Gasteiger partial charge is 0.381 e. The van der Waals surface area contributed by atoms with Gasteiger partial charge in [0, 0.05) is 37.0 Å². The fraction of sp³-hybridized carbons (Fsp3) is 0.389. The van der Waals surface area contributed by atoms with Crippen LogP contribution in [0.2, 0.25) is 0 Å². The second-order valence-electron chi connectivity index (χ2n) is 6.88. The number of aryl methyl sites for hydroxylation is 1. The fourth-order valence-electron chi connectivity index (χ4n) is 3.48. The smallest absolute Gasteiger partial charge is 0.274 e. The van der Waals surface area contributed by atoms with Crippen LogP contribution < -0.4 is 10.9 Å². The minimum absolute atomic E-state index is 0.112. The number of nitrogens with zero attached hydrogens (tertiary/aromatic N) is 4. The summed E-state index contributed by atoms with van der Waals surface area (Å²) in [6.07, 6.45) is 1.90. The maximum atomic E-state index is 13.4. The Morgan fingerprint density at radius 2 is 2.11 bits per heavy atom. The van der Waals surface area contributed by atoms with Gasteiger partial charge in [0.25, 0.3) is 11.3 Å². The first-order chi connectivity index (χ1) is 13.0. The average Bonchev–Trinajstić information content (AvgIpc) is 2.99. The van der Waals surface area contributed by atoms with Gasteiger partial charge in [-0.2, -0.15) is 9.50 Å². The number of H-pyrrole nitrogens is 1. The molecule has 7 nitrogen and oxygen atoms in total. The molecule has 0 saturated carbocycles. The van der Waals surface area contributed by atoms with Crippen LogP contribution in [0.3, 0.4) is 0 Å². The molecule has 1 aromatic carbocycles. The predicted molar refractivity (Wildman–Crippen MR) is 96.6 cm³/mol. The second-order valence-corrected chi connectivity index (χ2v) is 6.88. The van der Waals surface area contributed by atoms with Crippen LogP contribution in [0.25, 0.3) is 5.78 Å². The van der Waals surface area contributed by atoms with Crippen molar-refractivity contribution in [3.05, 3.63) is 57.8 Å². The highest BCUT2D eigenvalue weighted by Crippen LogP contribution is 2.19. The molecule has 1 aliphatic rings. The Bertz CT molecular complexity index is 1030. The number of rotatable bonds is 4. The number of nitrogens with one attached hydrogen (secondary N) is 2. The predicted octanol–water partition coefficient (Wildman–Crippen LogP) is 2.08. The van der Waals surface area contributed by atoms with Crippen molar-refractivity contribution in [3.63, 3.8) is 0 Å². The van der Waals surface area contributed by atoms with E-state index in [9.17, 15) is 13.6 Å². The van der Waals surface area contributed by atoms with Crippen molar-refractivity contribution in [2.75, 3.05) is 18.4 Å². The van der Waals surface area contributed by atoms with Crippen LogP contribution in [0.4, 0.5) is 14.5 Å². The second kappa shape index (κ2) is 7.07. The lowest BCUT2D eigenvalue weighted by atomic mass is 10.0. The van der Waals surface area contributed by atoms with E-state index < -0.39 is 11.6 Å². The van der Waals surface area contributed by atoms with Crippen molar-refractivity contribution in [3.8, 4) is 0 Å². The Hall–Kier alpha value is -2.81. The van der Waals surface area contributed by atoms with Crippen LogP contribution in [-0.2, 0) is 6.54 Å². The Morgan fingerprint density at radius 1 is 1.26 bits per heavy atom. The monoisotopic (exact) mass is 374 g/mol. The molecular weight excluding hydrogens is 354 g/mol. The van der Waals surface area contributed by atoms with Crippen molar-refractivity contribution >= 4 is 11.5 Å².